The van der Waals surface area contributed by atoms with Crippen LogP contribution >= 0.6 is 0 Å². The molecule has 1 aliphatic rings. The molecule has 0 saturated carbocycles. The first-order valence-corrected chi connectivity index (χ1v) is 22.2. The van der Waals surface area contributed by atoms with Crippen LogP contribution in [0, 0.1) is 0 Å². The zero-order chi connectivity index (χ0) is 43.2. The lowest BCUT2D eigenvalue weighted by molar-refractivity contribution is 0.584. The third kappa shape index (κ3) is 7.17. The van der Waals surface area contributed by atoms with Crippen molar-refractivity contribution in [2.45, 2.75) is 39.0 Å². The molecule has 2 heterocycles. The van der Waals surface area contributed by atoms with Crippen LogP contribution in [0.25, 0.3) is 95.7 Å². The van der Waals surface area contributed by atoms with Gasteiger partial charge in [0.1, 0.15) is 0 Å². The van der Waals surface area contributed by atoms with Crippen LogP contribution in [0.3, 0.4) is 0 Å². The summed E-state index contributed by atoms with van der Waals surface area (Å²) in [6, 6.07) is 71.7. The fourth-order valence-corrected chi connectivity index (χ4v) is 9.54. The summed E-state index contributed by atoms with van der Waals surface area (Å²) >= 11 is 0. The predicted molar refractivity (Wildman–Crippen MR) is 265 cm³/mol. The second-order valence-corrected chi connectivity index (χ2v) is 17.8. The smallest absolute Gasteiger partial charge is 0.248 e. The van der Waals surface area contributed by atoms with Crippen LogP contribution in [0.4, 0.5) is 0 Å². The Labute approximate surface area is 374 Å². The van der Waals surface area contributed by atoms with Crippen LogP contribution in [0.1, 0.15) is 49.6 Å². The van der Waals surface area contributed by atoms with Gasteiger partial charge in [0.05, 0.1) is 5.52 Å². The molecule has 4 heteroatoms. The molecule has 11 rings (SSSR count). The van der Waals surface area contributed by atoms with E-state index in [2.05, 4.69) is 211 Å². The highest BCUT2D eigenvalue weighted by molar-refractivity contribution is 5.99. The van der Waals surface area contributed by atoms with Crippen molar-refractivity contribution >= 4 is 22.6 Å². The Morgan fingerprint density at radius 2 is 0.969 bits per heavy atom. The van der Waals surface area contributed by atoms with Crippen molar-refractivity contribution in [3.63, 3.8) is 0 Å². The third-order valence-electron chi connectivity index (χ3n) is 12.7. The fraction of sp³-hybridized carbons (Fsp3) is 0.100. The highest BCUT2D eigenvalue weighted by Crippen LogP contribution is 2.45. The van der Waals surface area contributed by atoms with E-state index in [1.54, 1.807) is 0 Å². The van der Waals surface area contributed by atoms with Crippen LogP contribution in [0.5, 0.6) is 0 Å². The molecule has 2 aromatic heterocycles. The van der Waals surface area contributed by atoms with Crippen molar-refractivity contribution in [2.24, 2.45) is 0 Å². The Bertz CT molecular complexity index is 3310. The summed E-state index contributed by atoms with van der Waals surface area (Å²) in [5, 5.41) is 9.98. The fourth-order valence-electron chi connectivity index (χ4n) is 9.54. The van der Waals surface area contributed by atoms with Gasteiger partial charge >= 0.3 is 0 Å². The van der Waals surface area contributed by atoms with E-state index in [1.807, 2.05) is 30.3 Å². The monoisotopic (exact) mass is 825 g/mol. The number of nitrogens with zero attached hydrogens (tertiary/aromatic N) is 3. The van der Waals surface area contributed by atoms with Gasteiger partial charge in [0, 0.05) is 33.5 Å². The Morgan fingerprint density at radius 1 is 0.438 bits per heavy atom. The van der Waals surface area contributed by atoms with Crippen molar-refractivity contribution in [3.05, 3.63) is 223 Å². The number of aromatic nitrogens is 3. The van der Waals surface area contributed by atoms with Gasteiger partial charge in [-0.25, -0.2) is 0 Å². The quantitative estimate of drug-likeness (QED) is 0.153. The van der Waals surface area contributed by atoms with E-state index in [9.17, 15) is 0 Å². The largest absolute Gasteiger partial charge is 0.416 e. The third-order valence-corrected chi connectivity index (χ3v) is 12.7. The molecule has 0 aliphatic heterocycles. The van der Waals surface area contributed by atoms with E-state index in [0.717, 1.165) is 29.5 Å². The van der Waals surface area contributed by atoms with Crippen molar-refractivity contribution in [2.75, 3.05) is 0 Å². The van der Waals surface area contributed by atoms with E-state index in [0.29, 0.717) is 11.8 Å². The topological polar surface area (TPSA) is 43.9 Å². The van der Waals surface area contributed by atoms with Crippen molar-refractivity contribution in [3.8, 4) is 73.1 Å². The Kier molecular flexibility index (Phi) is 9.85. The van der Waals surface area contributed by atoms with Gasteiger partial charge < -0.3 is 8.98 Å². The van der Waals surface area contributed by atoms with Crippen LogP contribution in [-0.2, 0) is 11.8 Å². The van der Waals surface area contributed by atoms with Crippen molar-refractivity contribution in [1.82, 2.24) is 14.8 Å². The van der Waals surface area contributed by atoms with E-state index in [4.69, 9.17) is 4.42 Å². The summed E-state index contributed by atoms with van der Waals surface area (Å²) in [5.41, 5.74) is 20.4. The summed E-state index contributed by atoms with van der Waals surface area (Å²) in [7, 11) is 0. The lowest BCUT2D eigenvalue weighted by Crippen LogP contribution is -2.13. The molecule has 4 nitrogen and oxygen atoms in total. The molecule has 0 bridgehead atoms. The normalized spacial score (nSPS) is 12.6. The maximum absolute atomic E-state index is 6.09. The molecule has 8 aromatic carbocycles. The molecule has 10 aromatic rings. The zero-order valence-electron chi connectivity index (χ0n) is 36.3. The van der Waals surface area contributed by atoms with Crippen LogP contribution < -0.4 is 0 Å². The number of rotatable bonds is 8. The first kappa shape index (κ1) is 39.1. The molecule has 0 spiro atoms. The van der Waals surface area contributed by atoms with E-state index >= 15 is 0 Å². The van der Waals surface area contributed by atoms with Gasteiger partial charge in [-0.2, -0.15) is 0 Å². The van der Waals surface area contributed by atoms with Crippen LogP contribution in [0.2, 0.25) is 0 Å². The predicted octanol–water partition coefficient (Wildman–Crippen LogP) is 15.8. The van der Waals surface area contributed by atoms with Gasteiger partial charge in [-0.05, 0) is 128 Å². The van der Waals surface area contributed by atoms with Crippen LogP contribution in [0.15, 0.2) is 205 Å². The number of hydrogen-bond acceptors (Lipinski definition) is 3. The number of para-hydroxylation sites is 1. The highest BCUT2D eigenvalue weighted by Gasteiger charge is 2.25. The van der Waals surface area contributed by atoms with E-state index in [-0.39, 0.29) is 5.41 Å². The highest BCUT2D eigenvalue weighted by atomic mass is 16.4. The number of hydrogen-bond donors (Lipinski definition) is 0. The second-order valence-electron chi connectivity index (χ2n) is 17.8. The Morgan fingerprint density at radius 3 is 1.67 bits per heavy atom. The lowest BCUT2D eigenvalue weighted by Gasteiger charge is -2.26. The van der Waals surface area contributed by atoms with Gasteiger partial charge in [-0.1, -0.05) is 178 Å². The first-order chi connectivity index (χ1) is 31.4. The molecule has 0 radical (unpaired) electrons. The summed E-state index contributed by atoms with van der Waals surface area (Å²) in [6.45, 7) is 6.94. The van der Waals surface area contributed by atoms with Crippen molar-refractivity contribution in [1.29, 1.82) is 0 Å². The average molecular weight is 826 g/mol. The first-order valence-electron chi connectivity index (χ1n) is 22.2. The SMILES string of the molecule is CC(C)(C)c1cccc(-c2ccccc2-c2ccc(-c3nnc(-c4ccccc4)o3)cc2)c1-c1ccc(-n2c3c(c4ccccc42)C=C(c2ccc(-c4ccccc4)cc2)CC3)cc1. The van der Waals surface area contributed by atoms with Gasteiger partial charge in [0.25, 0.3) is 0 Å². The maximum Gasteiger partial charge on any atom is 0.248 e. The van der Waals surface area contributed by atoms with Gasteiger partial charge in [0.2, 0.25) is 11.8 Å². The van der Waals surface area contributed by atoms with Gasteiger partial charge in [0.15, 0.2) is 0 Å². The van der Waals surface area contributed by atoms with Crippen molar-refractivity contribution < 1.29 is 4.42 Å². The molecule has 0 unspecified atom stereocenters. The number of benzene rings is 8. The lowest BCUT2D eigenvalue weighted by atomic mass is 9.78. The number of fused-ring (bicyclic) bond motifs is 3. The molecule has 1 aliphatic carbocycles. The average Bonchev–Trinajstić information content (AvgIpc) is 3.98. The minimum absolute atomic E-state index is 0.0924. The molecule has 0 amide bonds. The minimum atomic E-state index is -0.0924. The molecular formula is C60H47N3O. The summed E-state index contributed by atoms with van der Waals surface area (Å²) in [6.07, 6.45) is 4.40. The van der Waals surface area contributed by atoms with E-state index < -0.39 is 0 Å². The molecule has 0 atom stereocenters. The Hall–Kier alpha value is -7.82. The minimum Gasteiger partial charge on any atom is -0.416 e. The summed E-state index contributed by atoms with van der Waals surface area (Å²) in [5.74, 6) is 1.01. The zero-order valence-corrected chi connectivity index (χ0v) is 36.3. The Balaban J connectivity index is 0.947. The summed E-state index contributed by atoms with van der Waals surface area (Å²) < 4.78 is 8.59. The molecule has 0 saturated heterocycles. The summed E-state index contributed by atoms with van der Waals surface area (Å²) in [4.78, 5) is 0. The molecule has 64 heavy (non-hydrogen) atoms. The molecular weight excluding hydrogens is 779 g/mol. The molecule has 0 fully saturated rings. The standard InChI is InChI=1S/C60H47N3O/c1-60(2,3)54-23-14-22-52(50-20-11-10-19-49(50)43-29-31-46(32-30-43)59-62-61-58(64-59)45-17-8-5-9-18-45)57(54)44-33-36-48(37-34-44)63-55-24-13-12-21-51(55)53-39-47(35-38-56(53)63)42-27-25-41(26-28-42)40-15-6-4-7-16-40/h4-34,36-37,39H,35,38H2,1-3H3. The van der Waals surface area contributed by atoms with Gasteiger partial charge in [-0.15, -0.1) is 10.2 Å². The molecule has 0 N–H and O–H groups in total. The van der Waals surface area contributed by atoms with Crippen LogP contribution in [-0.4, -0.2) is 14.8 Å². The number of allylic oxidation sites excluding steroid dienone is 1. The second kappa shape index (κ2) is 16.1. The van der Waals surface area contributed by atoms with Gasteiger partial charge in [-0.3, -0.25) is 0 Å². The van der Waals surface area contributed by atoms with E-state index in [1.165, 1.54) is 83.5 Å². The maximum atomic E-state index is 6.09. The molecule has 308 valence electrons.